The first-order valence-corrected chi connectivity index (χ1v) is 7.20. The fourth-order valence-electron chi connectivity index (χ4n) is 1.69. The number of nitrogens with one attached hydrogen (secondary N) is 2. The summed E-state index contributed by atoms with van der Waals surface area (Å²) in [7, 11) is 0. The molecule has 0 aliphatic carbocycles. The molecule has 5 nitrogen and oxygen atoms in total. The molecule has 0 aliphatic rings. The molecule has 0 bridgehead atoms. The summed E-state index contributed by atoms with van der Waals surface area (Å²) in [6.45, 7) is 2.60. The molecule has 0 fully saturated rings. The van der Waals surface area contributed by atoms with Gasteiger partial charge in [0.2, 0.25) is 0 Å². The van der Waals surface area contributed by atoms with Gasteiger partial charge in [0.15, 0.2) is 5.69 Å². The van der Waals surface area contributed by atoms with Crippen molar-refractivity contribution in [2.45, 2.75) is 12.2 Å². The van der Waals surface area contributed by atoms with Crippen LogP contribution in [-0.4, -0.2) is 34.2 Å². The third-order valence-corrected chi connectivity index (χ3v) is 3.83. The van der Waals surface area contributed by atoms with Gasteiger partial charge in [-0.3, -0.25) is 9.59 Å². The summed E-state index contributed by atoms with van der Waals surface area (Å²) in [4.78, 5) is 23.7. The van der Waals surface area contributed by atoms with Crippen LogP contribution in [-0.2, 0) is 0 Å². The highest BCUT2D eigenvalue weighted by Crippen LogP contribution is 2.12. The number of fused-ring (bicyclic) bond motifs is 1. The summed E-state index contributed by atoms with van der Waals surface area (Å²) < 4.78 is 0. The summed E-state index contributed by atoms with van der Waals surface area (Å²) in [5.74, 6) is -0.270. The molecule has 1 aromatic heterocycles. The smallest absolute Gasteiger partial charge is 0.272 e. The number of benzene rings is 1. The summed E-state index contributed by atoms with van der Waals surface area (Å²) in [5, 5.41) is 10.4. The van der Waals surface area contributed by atoms with E-state index >= 15 is 0 Å². The van der Waals surface area contributed by atoms with E-state index in [1.54, 1.807) is 36.0 Å². The van der Waals surface area contributed by atoms with Gasteiger partial charge in [-0.2, -0.15) is 16.9 Å². The molecule has 1 unspecified atom stereocenters. The molecular weight excluding hydrogens is 262 g/mol. The van der Waals surface area contributed by atoms with Crippen LogP contribution in [0.5, 0.6) is 0 Å². The lowest BCUT2D eigenvalue weighted by Crippen LogP contribution is -2.31. The zero-order valence-corrected chi connectivity index (χ0v) is 11.6. The molecule has 0 spiro atoms. The molecule has 0 saturated carbocycles. The quantitative estimate of drug-likeness (QED) is 0.886. The zero-order chi connectivity index (χ0) is 13.8. The van der Waals surface area contributed by atoms with Crippen molar-refractivity contribution in [3.63, 3.8) is 0 Å². The van der Waals surface area contributed by atoms with E-state index in [1.165, 1.54) is 0 Å². The second-order valence-corrected chi connectivity index (χ2v) is 5.48. The third kappa shape index (κ3) is 2.96. The van der Waals surface area contributed by atoms with Crippen molar-refractivity contribution in [1.82, 2.24) is 15.5 Å². The van der Waals surface area contributed by atoms with Crippen molar-refractivity contribution in [2.75, 3.05) is 12.8 Å². The van der Waals surface area contributed by atoms with Crippen LogP contribution in [0.2, 0.25) is 0 Å². The Labute approximate surface area is 114 Å². The van der Waals surface area contributed by atoms with Gasteiger partial charge in [-0.1, -0.05) is 25.1 Å². The predicted molar refractivity (Wildman–Crippen MR) is 77.7 cm³/mol. The van der Waals surface area contributed by atoms with E-state index in [0.29, 0.717) is 22.6 Å². The minimum Gasteiger partial charge on any atom is -0.350 e. The molecule has 1 amide bonds. The van der Waals surface area contributed by atoms with E-state index in [-0.39, 0.29) is 17.2 Å². The van der Waals surface area contributed by atoms with Gasteiger partial charge in [0.1, 0.15) is 0 Å². The number of H-pyrrole nitrogens is 1. The van der Waals surface area contributed by atoms with Crippen LogP contribution in [0, 0.1) is 0 Å². The van der Waals surface area contributed by atoms with Gasteiger partial charge >= 0.3 is 0 Å². The first kappa shape index (κ1) is 13.6. The highest BCUT2D eigenvalue weighted by molar-refractivity contribution is 7.99. The Morgan fingerprint density at radius 3 is 2.79 bits per heavy atom. The molecule has 2 N–H and O–H groups in total. The van der Waals surface area contributed by atoms with Gasteiger partial charge in [-0.25, -0.2) is 5.10 Å². The van der Waals surface area contributed by atoms with E-state index in [4.69, 9.17) is 0 Å². The Kier molecular flexibility index (Phi) is 4.21. The molecule has 0 radical (unpaired) electrons. The number of amides is 1. The van der Waals surface area contributed by atoms with E-state index in [0.717, 1.165) is 0 Å². The molecule has 1 heterocycles. The van der Waals surface area contributed by atoms with Crippen LogP contribution in [0.25, 0.3) is 10.8 Å². The molecule has 100 valence electrons. The molecular formula is C13H15N3O2S. The third-order valence-electron chi connectivity index (χ3n) is 2.86. The van der Waals surface area contributed by atoms with Gasteiger partial charge < -0.3 is 5.32 Å². The number of nitrogens with zero attached hydrogens (tertiary/aromatic N) is 1. The summed E-state index contributed by atoms with van der Waals surface area (Å²) in [5.41, 5.74) is -0.0341. The van der Waals surface area contributed by atoms with Crippen molar-refractivity contribution in [2.24, 2.45) is 0 Å². The average molecular weight is 277 g/mol. The minimum atomic E-state index is -0.287. The minimum absolute atomic E-state index is 0.253. The first-order valence-electron chi connectivity index (χ1n) is 5.92. The van der Waals surface area contributed by atoms with Gasteiger partial charge in [-0.15, -0.1) is 0 Å². The van der Waals surface area contributed by atoms with Crippen molar-refractivity contribution in [3.8, 4) is 0 Å². The van der Waals surface area contributed by atoms with Crippen LogP contribution in [0.1, 0.15) is 17.4 Å². The highest BCUT2D eigenvalue weighted by Gasteiger charge is 2.14. The first-order chi connectivity index (χ1) is 9.13. The Bertz CT molecular complexity index is 654. The van der Waals surface area contributed by atoms with Gasteiger partial charge in [0, 0.05) is 17.2 Å². The second kappa shape index (κ2) is 5.88. The van der Waals surface area contributed by atoms with Crippen molar-refractivity contribution in [1.29, 1.82) is 0 Å². The predicted octanol–water partition coefficient (Wildman–Crippen LogP) is 1.40. The average Bonchev–Trinajstić information content (AvgIpc) is 2.45. The van der Waals surface area contributed by atoms with Gasteiger partial charge in [-0.05, 0) is 12.3 Å². The maximum Gasteiger partial charge on any atom is 0.272 e. The lowest BCUT2D eigenvalue weighted by atomic mass is 10.1. The number of hydrogen-bond acceptors (Lipinski definition) is 4. The number of aromatic nitrogens is 2. The molecule has 6 heteroatoms. The lowest BCUT2D eigenvalue weighted by molar-refractivity contribution is 0.0950. The molecule has 1 aromatic carbocycles. The Morgan fingerprint density at radius 2 is 2.11 bits per heavy atom. The number of carbonyl (C=O) groups excluding carboxylic acids is 1. The van der Waals surface area contributed by atoms with Crippen LogP contribution >= 0.6 is 11.8 Å². The summed E-state index contributed by atoms with van der Waals surface area (Å²) >= 11 is 1.68. The molecule has 1 atom stereocenters. The van der Waals surface area contributed by atoms with E-state index in [9.17, 15) is 9.59 Å². The Morgan fingerprint density at radius 1 is 1.42 bits per heavy atom. The zero-order valence-electron chi connectivity index (χ0n) is 10.8. The largest absolute Gasteiger partial charge is 0.350 e. The topological polar surface area (TPSA) is 74.8 Å². The molecule has 2 rings (SSSR count). The van der Waals surface area contributed by atoms with Crippen LogP contribution in [0.15, 0.2) is 29.1 Å². The lowest BCUT2D eigenvalue weighted by Gasteiger charge is -2.10. The number of hydrogen-bond donors (Lipinski definition) is 2. The van der Waals surface area contributed by atoms with E-state index in [1.807, 2.05) is 13.2 Å². The normalized spacial score (nSPS) is 12.3. The highest BCUT2D eigenvalue weighted by atomic mass is 32.2. The molecule has 0 aliphatic heterocycles. The Balaban J connectivity index is 2.33. The fourth-order valence-corrected chi connectivity index (χ4v) is 1.94. The van der Waals surface area contributed by atoms with Crippen molar-refractivity contribution < 1.29 is 4.79 Å². The van der Waals surface area contributed by atoms with Crippen LogP contribution < -0.4 is 10.9 Å². The molecule has 0 saturated heterocycles. The van der Waals surface area contributed by atoms with Gasteiger partial charge in [0.25, 0.3) is 11.5 Å². The number of rotatable bonds is 4. The maximum absolute atomic E-state index is 12.1. The standard InChI is InChI=1S/C13H15N3O2S/c1-8(19-2)7-14-13(18)11-9-5-3-4-6-10(9)12(17)16-15-11/h3-6,8H,7H2,1-2H3,(H,14,18)(H,16,17). The van der Waals surface area contributed by atoms with E-state index in [2.05, 4.69) is 15.5 Å². The summed E-state index contributed by atoms with van der Waals surface area (Å²) in [6.07, 6.45) is 1.99. The number of carbonyl (C=O) groups is 1. The Hall–Kier alpha value is -1.82. The van der Waals surface area contributed by atoms with Crippen LogP contribution in [0.3, 0.4) is 0 Å². The van der Waals surface area contributed by atoms with Crippen LogP contribution in [0.4, 0.5) is 0 Å². The number of thioether (sulfide) groups is 1. The SMILES string of the molecule is CSC(C)CNC(=O)c1n[nH]c(=O)c2ccccc12. The molecule has 2 aromatic rings. The maximum atomic E-state index is 12.1. The van der Waals surface area contributed by atoms with Crippen molar-refractivity contribution in [3.05, 3.63) is 40.3 Å². The fraction of sp³-hybridized carbons (Fsp3) is 0.308. The monoisotopic (exact) mass is 277 g/mol. The number of aromatic amines is 1. The van der Waals surface area contributed by atoms with Gasteiger partial charge in [0.05, 0.1) is 5.39 Å². The van der Waals surface area contributed by atoms with Crippen molar-refractivity contribution >= 4 is 28.4 Å². The van der Waals surface area contributed by atoms with E-state index < -0.39 is 0 Å². The summed E-state index contributed by atoms with van der Waals surface area (Å²) in [6, 6.07) is 6.95. The second-order valence-electron chi connectivity index (χ2n) is 4.20. The molecule has 19 heavy (non-hydrogen) atoms.